The summed E-state index contributed by atoms with van der Waals surface area (Å²) in [5.41, 5.74) is 12.0. The zero-order valence-electron chi connectivity index (χ0n) is 14.3. The second-order valence-electron chi connectivity index (χ2n) is 5.56. The molecule has 0 saturated heterocycles. The molecule has 0 atom stereocenters. The number of urea groups is 1. The third-order valence-electron chi connectivity index (χ3n) is 3.85. The van der Waals surface area contributed by atoms with Crippen LogP contribution in [0.3, 0.4) is 0 Å². The van der Waals surface area contributed by atoms with Crippen LogP contribution in [0, 0.1) is 5.82 Å². The summed E-state index contributed by atoms with van der Waals surface area (Å²) in [7, 11) is 1.40. The van der Waals surface area contributed by atoms with Crippen LogP contribution in [0.5, 0.6) is 5.75 Å². The summed E-state index contributed by atoms with van der Waals surface area (Å²) in [6.07, 6.45) is 1.37. The summed E-state index contributed by atoms with van der Waals surface area (Å²) in [6, 6.07) is 10.8. The summed E-state index contributed by atoms with van der Waals surface area (Å²) in [6.45, 7) is 0. The Bertz CT molecular complexity index is 1010. The number of nitrogens with zero attached hydrogens (tertiary/aromatic N) is 2. The van der Waals surface area contributed by atoms with Crippen LogP contribution in [-0.2, 0) is 0 Å². The molecule has 1 aromatic heterocycles. The van der Waals surface area contributed by atoms with Gasteiger partial charge in [-0.2, -0.15) is 0 Å². The lowest BCUT2D eigenvalue weighted by molar-refractivity contribution is 0.100. The third kappa shape index (κ3) is 3.56. The maximum atomic E-state index is 14.4. The Morgan fingerprint density at radius 2 is 1.85 bits per heavy atom. The Labute approximate surface area is 153 Å². The summed E-state index contributed by atoms with van der Waals surface area (Å²) < 4.78 is 20.8. The minimum Gasteiger partial charge on any atom is -0.494 e. The fourth-order valence-corrected chi connectivity index (χ4v) is 2.58. The molecule has 9 heteroatoms. The highest BCUT2D eigenvalue weighted by Gasteiger charge is 2.16. The highest BCUT2D eigenvalue weighted by Crippen LogP contribution is 2.29. The van der Waals surface area contributed by atoms with Gasteiger partial charge in [0, 0.05) is 11.8 Å². The molecule has 5 N–H and O–H groups in total. The number of aromatic nitrogens is 2. The molecule has 138 valence electrons. The highest BCUT2D eigenvalue weighted by molar-refractivity contribution is 6.01. The van der Waals surface area contributed by atoms with Gasteiger partial charge in [-0.1, -0.05) is 24.3 Å². The monoisotopic (exact) mass is 369 g/mol. The summed E-state index contributed by atoms with van der Waals surface area (Å²) in [5.74, 6) is -1.12. The molecule has 0 radical (unpaired) electrons. The zero-order chi connectivity index (χ0) is 19.6. The molecule has 0 unspecified atom stereocenters. The molecule has 0 fully saturated rings. The van der Waals surface area contributed by atoms with Gasteiger partial charge >= 0.3 is 6.03 Å². The highest BCUT2D eigenvalue weighted by atomic mass is 19.1. The number of hydrogen-bond donors (Lipinski definition) is 3. The molecular weight excluding hydrogens is 353 g/mol. The number of ether oxygens (including phenoxy) is 1. The van der Waals surface area contributed by atoms with Gasteiger partial charge < -0.3 is 16.2 Å². The van der Waals surface area contributed by atoms with Crippen molar-refractivity contribution in [2.24, 2.45) is 11.5 Å². The van der Waals surface area contributed by atoms with Gasteiger partial charge in [-0.25, -0.2) is 13.9 Å². The van der Waals surface area contributed by atoms with Crippen LogP contribution >= 0.6 is 0 Å². The van der Waals surface area contributed by atoms with Crippen LogP contribution in [0.25, 0.3) is 16.8 Å². The van der Waals surface area contributed by atoms with Crippen molar-refractivity contribution in [1.82, 2.24) is 9.78 Å². The fraction of sp³-hybridized carbons (Fsp3) is 0.0556. The first kappa shape index (κ1) is 17.9. The van der Waals surface area contributed by atoms with Crippen LogP contribution in [0.15, 0.2) is 48.7 Å². The van der Waals surface area contributed by atoms with Gasteiger partial charge in [0.05, 0.1) is 12.8 Å². The van der Waals surface area contributed by atoms with Crippen molar-refractivity contribution in [2.45, 2.75) is 0 Å². The maximum absolute atomic E-state index is 14.4. The summed E-state index contributed by atoms with van der Waals surface area (Å²) >= 11 is 0. The topological polar surface area (TPSA) is 125 Å². The Morgan fingerprint density at radius 3 is 2.44 bits per heavy atom. The van der Waals surface area contributed by atoms with E-state index in [-0.39, 0.29) is 17.1 Å². The minimum absolute atomic E-state index is 0.0108. The lowest BCUT2D eigenvalue weighted by Crippen LogP contribution is -2.22. The molecule has 0 saturated carbocycles. The number of primary amides is 2. The van der Waals surface area contributed by atoms with E-state index in [1.165, 1.54) is 24.1 Å². The number of anilines is 1. The molecule has 0 aliphatic heterocycles. The maximum Gasteiger partial charge on any atom is 0.317 e. The van der Waals surface area contributed by atoms with Gasteiger partial charge in [0.25, 0.3) is 5.91 Å². The molecule has 3 rings (SSSR count). The van der Waals surface area contributed by atoms with E-state index in [2.05, 4.69) is 10.4 Å². The molecule has 0 bridgehead atoms. The van der Waals surface area contributed by atoms with Crippen LogP contribution in [-0.4, -0.2) is 28.8 Å². The van der Waals surface area contributed by atoms with Crippen molar-refractivity contribution < 1.29 is 18.7 Å². The number of carbonyl (C=O) groups is 2. The largest absolute Gasteiger partial charge is 0.494 e. The first-order valence-electron chi connectivity index (χ1n) is 7.80. The van der Waals surface area contributed by atoms with Gasteiger partial charge in [0.15, 0.2) is 17.4 Å². The van der Waals surface area contributed by atoms with E-state index >= 15 is 0 Å². The first-order chi connectivity index (χ1) is 12.9. The lowest BCUT2D eigenvalue weighted by atomic mass is 10.0. The van der Waals surface area contributed by atoms with Crippen molar-refractivity contribution in [1.29, 1.82) is 0 Å². The number of rotatable bonds is 5. The molecule has 3 amide bonds. The van der Waals surface area contributed by atoms with Gasteiger partial charge in [-0.15, -0.1) is 5.10 Å². The quantitative estimate of drug-likeness (QED) is 0.638. The average molecular weight is 369 g/mol. The van der Waals surface area contributed by atoms with E-state index in [1.54, 1.807) is 36.4 Å². The zero-order valence-corrected chi connectivity index (χ0v) is 14.3. The summed E-state index contributed by atoms with van der Waals surface area (Å²) in [5, 5.41) is 6.34. The molecule has 0 aliphatic rings. The lowest BCUT2D eigenvalue weighted by Gasteiger charge is -2.08. The minimum atomic E-state index is -0.869. The van der Waals surface area contributed by atoms with Crippen LogP contribution < -0.4 is 21.5 Å². The molecular formula is C18H16FN5O3. The number of carbonyl (C=O) groups excluding carboxylic acids is 2. The number of nitrogens with two attached hydrogens (primary N) is 2. The molecule has 8 nitrogen and oxygen atoms in total. The van der Waals surface area contributed by atoms with E-state index in [1.807, 2.05) is 0 Å². The van der Waals surface area contributed by atoms with Crippen molar-refractivity contribution in [2.75, 3.05) is 12.4 Å². The van der Waals surface area contributed by atoms with Crippen molar-refractivity contribution >= 4 is 17.8 Å². The second-order valence-corrected chi connectivity index (χ2v) is 5.56. The Morgan fingerprint density at radius 1 is 1.15 bits per heavy atom. The first-order valence-corrected chi connectivity index (χ1v) is 7.80. The van der Waals surface area contributed by atoms with Crippen LogP contribution in [0.4, 0.5) is 15.0 Å². The van der Waals surface area contributed by atoms with Crippen molar-refractivity contribution in [3.05, 3.63) is 60.0 Å². The van der Waals surface area contributed by atoms with E-state index in [0.29, 0.717) is 16.8 Å². The smallest absolute Gasteiger partial charge is 0.317 e. The number of hydrogen-bond acceptors (Lipinski definition) is 4. The predicted octanol–water partition coefficient (Wildman–Crippen LogP) is 2.28. The standard InChI is InChI=1S/C18H16FN5O3/c1-27-14-4-2-3-12(15(14)19)10-5-7-11(8-6-10)24-9-13(16(20)25)17(23-24)22-18(21)26/h2-9H,1H3,(H2,20,25)(H3,21,22,23,26). The second kappa shape index (κ2) is 7.16. The molecule has 1 heterocycles. The van der Waals surface area contributed by atoms with Gasteiger partial charge in [-0.05, 0) is 23.8 Å². The van der Waals surface area contributed by atoms with Crippen molar-refractivity contribution in [3.63, 3.8) is 0 Å². The molecule has 0 aliphatic carbocycles. The number of halogens is 1. The number of amides is 3. The van der Waals surface area contributed by atoms with Crippen LogP contribution in [0.2, 0.25) is 0 Å². The average Bonchev–Trinajstić information content (AvgIpc) is 3.05. The Balaban J connectivity index is 1.97. The fourth-order valence-electron chi connectivity index (χ4n) is 2.58. The molecule has 2 aromatic carbocycles. The van der Waals surface area contributed by atoms with Gasteiger partial charge in [0.2, 0.25) is 0 Å². The normalized spacial score (nSPS) is 10.4. The number of methoxy groups -OCH3 is 1. The van der Waals surface area contributed by atoms with E-state index in [4.69, 9.17) is 16.2 Å². The molecule has 27 heavy (non-hydrogen) atoms. The Hall–Kier alpha value is -3.88. The molecule has 3 aromatic rings. The Kier molecular flexibility index (Phi) is 4.75. The van der Waals surface area contributed by atoms with Gasteiger partial charge in [0.1, 0.15) is 5.56 Å². The van der Waals surface area contributed by atoms with Crippen LogP contribution in [0.1, 0.15) is 10.4 Å². The van der Waals surface area contributed by atoms with E-state index in [0.717, 1.165) is 0 Å². The summed E-state index contributed by atoms with van der Waals surface area (Å²) in [4.78, 5) is 22.5. The number of benzene rings is 2. The SMILES string of the molecule is COc1cccc(-c2ccc(-n3cc(C(N)=O)c(NC(N)=O)n3)cc2)c1F. The van der Waals surface area contributed by atoms with E-state index < -0.39 is 17.8 Å². The van der Waals surface area contributed by atoms with Gasteiger partial charge in [-0.3, -0.25) is 10.1 Å². The van der Waals surface area contributed by atoms with Crippen molar-refractivity contribution in [3.8, 4) is 22.6 Å². The van der Waals surface area contributed by atoms with E-state index in [9.17, 15) is 14.0 Å². The third-order valence-corrected chi connectivity index (χ3v) is 3.85. The molecule has 0 spiro atoms. The predicted molar refractivity (Wildman–Crippen MR) is 97.2 cm³/mol. The number of nitrogens with one attached hydrogen (secondary N) is 1.